The summed E-state index contributed by atoms with van der Waals surface area (Å²) in [6.07, 6.45) is 1.84. The predicted molar refractivity (Wildman–Crippen MR) is 158 cm³/mol. The van der Waals surface area contributed by atoms with Gasteiger partial charge in [-0.25, -0.2) is 31.7 Å². The highest BCUT2D eigenvalue weighted by atomic mass is 35.5. The zero-order chi connectivity index (χ0) is 32.1. The summed E-state index contributed by atoms with van der Waals surface area (Å²) in [4.78, 5) is 21.7. The minimum absolute atomic E-state index is 0.00611. The number of fused-ring (bicyclic) bond motifs is 1. The monoisotopic (exact) mass is 679 g/mol. The van der Waals surface area contributed by atoms with Gasteiger partial charge in [-0.2, -0.15) is 13.9 Å². The van der Waals surface area contributed by atoms with Crippen LogP contribution in [0.2, 0.25) is 5.02 Å². The highest BCUT2D eigenvalue weighted by Gasteiger charge is 2.48. The lowest BCUT2D eigenvalue weighted by molar-refractivity contribution is 0.0564. The topological polar surface area (TPSA) is 118 Å². The van der Waals surface area contributed by atoms with Crippen molar-refractivity contribution in [3.63, 3.8) is 0 Å². The number of carboxylic acids is 1. The molecule has 2 aromatic heterocycles. The van der Waals surface area contributed by atoms with Crippen LogP contribution in [0, 0.1) is 5.82 Å². The van der Waals surface area contributed by atoms with E-state index in [2.05, 4.69) is 10.1 Å². The number of amidine groups is 1. The molecule has 2 aliphatic heterocycles. The number of aliphatic imine (C=N–C) groups is 1. The number of aromatic nitrogens is 3. The number of nitrogens with zero attached hydrogens (tertiary/aromatic N) is 5. The maximum Gasteiger partial charge on any atom is 0.335 e. The Kier molecular flexibility index (Phi) is 8.03. The molecule has 0 radical (unpaired) electrons. The average Bonchev–Trinajstić information content (AvgIpc) is 3.76. The van der Waals surface area contributed by atoms with Crippen LogP contribution in [0.1, 0.15) is 52.1 Å². The van der Waals surface area contributed by atoms with Crippen LogP contribution < -0.4 is 0 Å². The largest absolute Gasteiger partial charge is 0.478 e. The molecule has 2 aromatic carbocycles. The molecule has 2 aliphatic rings. The molecule has 9 nitrogen and oxygen atoms in total. The minimum Gasteiger partial charge on any atom is -0.478 e. The Hall–Kier alpha value is -4.08. The molecule has 0 saturated carbocycles. The normalized spacial score (nSPS) is 20.1. The van der Waals surface area contributed by atoms with E-state index in [-0.39, 0.29) is 45.5 Å². The van der Waals surface area contributed by atoms with Gasteiger partial charge in [0.05, 0.1) is 28.5 Å². The van der Waals surface area contributed by atoms with Gasteiger partial charge in [-0.1, -0.05) is 17.7 Å². The van der Waals surface area contributed by atoms with Crippen molar-refractivity contribution in [3.05, 3.63) is 105 Å². The Morgan fingerprint density at radius 1 is 1.18 bits per heavy atom. The molecule has 1 saturated heterocycles. The SMILES string of the molecule is O=C(O)c1ccc(S(=O)(=O)CCC2(F)CC3=C(c4ccn(C(F)F)n4)[C@H](c4ccc(F)cc4Cl)N=C(c4nccs4)N3C2)cc1. The Balaban J connectivity index is 1.42. The molecule has 0 bridgehead atoms. The van der Waals surface area contributed by atoms with Gasteiger partial charge in [0, 0.05) is 46.1 Å². The van der Waals surface area contributed by atoms with Gasteiger partial charge in [-0.15, -0.1) is 11.3 Å². The molecule has 4 heterocycles. The molecular formula is C29H22ClF4N5O4S2. The van der Waals surface area contributed by atoms with Crippen molar-refractivity contribution in [2.75, 3.05) is 12.3 Å². The van der Waals surface area contributed by atoms with E-state index in [1.54, 1.807) is 10.3 Å². The number of sulfone groups is 1. The van der Waals surface area contributed by atoms with Crippen molar-refractivity contribution in [1.82, 2.24) is 19.7 Å². The van der Waals surface area contributed by atoms with Gasteiger partial charge in [-0.3, -0.25) is 4.99 Å². The molecule has 0 spiro atoms. The Bertz CT molecular complexity index is 1950. The number of carbonyl (C=O) groups is 1. The Labute approximate surface area is 263 Å². The summed E-state index contributed by atoms with van der Waals surface area (Å²) in [5, 5.41) is 15.3. The maximum absolute atomic E-state index is 16.8. The summed E-state index contributed by atoms with van der Waals surface area (Å²) in [6, 6.07) is 8.63. The summed E-state index contributed by atoms with van der Waals surface area (Å²) in [7, 11) is -4.01. The van der Waals surface area contributed by atoms with Gasteiger partial charge in [0.15, 0.2) is 20.7 Å². The molecule has 2 atom stereocenters. The zero-order valence-electron chi connectivity index (χ0n) is 22.9. The molecule has 0 amide bonds. The number of thiazole rings is 1. The van der Waals surface area contributed by atoms with E-state index >= 15 is 4.39 Å². The molecule has 1 N–H and O–H groups in total. The number of halogens is 5. The van der Waals surface area contributed by atoms with Crippen LogP contribution >= 0.6 is 22.9 Å². The van der Waals surface area contributed by atoms with Crippen molar-refractivity contribution in [2.45, 2.75) is 36.0 Å². The number of benzene rings is 2. The van der Waals surface area contributed by atoms with Gasteiger partial charge >= 0.3 is 12.5 Å². The van der Waals surface area contributed by atoms with Crippen LogP contribution in [-0.2, 0) is 9.84 Å². The number of aromatic carboxylic acids is 1. The van der Waals surface area contributed by atoms with E-state index in [1.165, 1.54) is 35.7 Å². The highest BCUT2D eigenvalue weighted by molar-refractivity contribution is 7.91. The highest BCUT2D eigenvalue weighted by Crippen LogP contribution is 2.49. The lowest BCUT2D eigenvalue weighted by atomic mass is 9.91. The van der Waals surface area contributed by atoms with E-state index in [0.717, 1.165) is 36.5 Å². The third-order valence-corrected chi connectivity index (χ3v) is 10.4. The first-order chi connectivity index (χ1) is 21.3. The van der Waals surface area contributed by atoms with Gasteiger partial charge in [0.2, 0.25) is 0 Å². The third kappa shape index (κ3) is 5.99. The van der Waals surface area contributed by atoms with Crippen molar-refractivity contribution in [1.29, 1.82) is 0 Å². The second-order valence-corrected chi connectivity index (χ2v) is 13.9. The molecular weight excluding hydrogens is 658 g/mol. The van der Waals surface area contributed by atoms with E-state index in [9.17, 15) is 26.4 Å². The van der Waals surface area contributed by atoms with E-state index < -0.39 is 52.1 Å². The fraction of sp³-hybridized carbons (Fsp3) is 0.241. The number of hydrogen-bond acceptors (Lipinski definition) is 8. The first-order valence-electron chi connectivity index (χ1n) is 13.4. The van der Waals surface area contributed by atoms with Gasteiger partial charge in [0.1, 0.15) is 17.5 Å². The molecule has 4 aromatic rings. The fourth-order valence-corrected chi connectivity index (χ4v) is 7.76. The summed E-state index contributed by atoms with van der Waals surface area (Å²) < 4.78 is 84.7. The van der Waals surface area contributed by atoms with Crippen molar-refractivity contribution < 1.29 is 35.9 Å². The number of alkyl halides is 3. The van der Waals surface area contributed by atoms with Crippen molar-refractivity contribution in [2.24, 2.45) is 4.99 Å². The molecule has 234 valence electrons. The number of allylic oxidation sites excluding steroid dienone is 1. The van der Waals surface area contributed by atoms with E-state index in [4.69, 9.17) is 21.7 Å². The summed E-state index contributed by atoms with van der Waals surface area (Å²) in [5.41, 5.74) is -1.25. The molecule has 0 aliphatic carbocycles. The third-order valence-electron chi connectivity index (χ3n) is 7.59. The summed E-state index contributed by atoms with van der Waals surface area (Å²) >= 11 is 7.68. The Morgan fingerprint density at radius 2 is 1.93 bits per heavy atom. The van der Waals surface area contributed by atoms with Crippen molar-refractivity contribution >= 4 is 50.2 Å². The van der Waals surface area contributed by atoms with E-state index in [1.807, 2.05) is 0 Å². The standard InChI is InChI=1S/C29H22ClF4N5O4S2/c30-20-13-17(31)3-6-19(20)24-23(21-7-10-39(37-21)28(32)33)22-14-29(34,15-38(22)25(36-24)26-35-9-11-44-26)8-12-45(42,43)18-4-1-16(2-5-18)27(40)41/h1-7,9-11,13,24,28H,8,12,14-15H2,(H,40,41)/t24-,29?/m0/s1. The first kappa shape index (κ1) is 30.9. The second kappa shape index (κ2) is 11.7. The molecule has 1 unspecified atom stereocenters. The molecule has 6 rings (SSSR count). The van der Waals surface area contributed by atoms with Crippen LogP contribution in [-0.4, -0.2) is 63.0 Å². The van der Waals surface area contributed by atoms with Crippen LogP contribution in [0.25, 0.3) is 5.57 Å². The number of hydrogen-bond donors (Lipinski definition) is 1. The van der Waals surface area contributed by atoms with Gasteiger partial charge in [-0.05, 0) is 48.9 Å². The fourth-order valence-electron chi connectivity index (χ4n) is 5.43. The second-order valence-electron chi connectivity index (χ2n) is 10.5. The van der Waals surface area contributed by atoms with Crippen LogP contribution in [0.4, 0.5) is 17.6 Å². The lowest BCUT2D eigenvalue weighted by Gasteiger charge is -2.32. The van der Waals surface area contributed by atoms with Crippen LogP contribution in [0.3, 0.4) is 0 Å². The van der Waals surface area contributed by atoms with Gasteiger partial charge in [0.25, 0.3) is 0 Å². The Morgan fingerprint density at radius 3 is 2.56 bits per heavy atom. The predicted octanol–water partition coefficient (Wildman–Crippen LogP) is 6.42. The van der Waals surface area contributed by atoms with Crippen LogP contribution in [0.5, 0.6) is 0 Å². The molecule has 45 heavy (non-hydrogen) atoms. The first-order valence-corrected chi connectivity index (χ1v) is 16.3. The zero-order valence-corrected chi connectivity index (χ0v) is 25.3. The maximum atomic E-state index is 16.8. The average molecular weight is 680 g/mol. The van der Waals surface area contributed by atoms with Gasteiger partial charge < -0.3 is 10.0 Å². The van der Waals surface area contributed by atoms with Crippen molar-refractivity contribution in [3.8, 4) is 0 Å². The molecule has 1 fully saturated rings. The van der Waals surface area contributed by atoms with E-state index in [0.29, 0.717) is 20.9 Å². The number of rotatable bonds is 9. The molecule has 16 heteroatoms. The van der Waals surface area contributed by atoms with Crippen LogP contribution in [0.15, 0.2) is 81.9 Å². The summed E-state index contributed by atoms with van der Waals surface area (Å²) in [6.45, 7) is -3.28. The smallest absolute Gasteiger partial charge is 0.335 e. The quantitative estimate of drug-likeness (QED) is 0.203. The minimum atomic E-state index is -4.01. The lowest BCUT2D eigenvalue weighted by Crippen LogP contribution is -2.36. The number of carboxylic acid groups (broad SMARTS) is 1. The summed E-state index contributed by atoms with van der Waals surface area (Å²) in [5.74, 6) is -2.16.